The van der Waals surface area contributed by atoms with Gasteiger partial charge < -0.3 is 10.2 Å². The number of hydrogen-bond donors (Lipinski definition) is 1. The molecule has 4 nitrogen and oxygen atoms in total. The molecule has 0 unspecified atom stereocenters. The van der Waals surface area contributed by atoms with Crippen LogP contribution in [-0.4, -0.2) is 35.9 Å². The Bertz CT molecular complexity index is 404. The Kier molecular flexibility index (Phi) is 6.33. The van der Waals surface area contributed by atoms with E-state index in [9.17, 15) is 4.79 Å². The van der Waals surface area contributed by atoms with Crippen molar-refractivity contribution in [1.29, 1.82) is 0 Å². The van der Waals surface area contributed by atoms with Crippen LogP contribution in [0, 0.1) is 5.92 Å². The topological polar surface area (TPSA) is 45.2 Å². The van der Waals surface area contributed by atoms with Crippen LogP contribution in [0.3, 0.4) is 0 Å². The third-order valence-corrected chi connectivity index (χ3v) is 2.91. The van der Waals surface area contributed by atoms with Crippen molar-refractivity contribution in [3.8, 4) is 0 Å². The third-order valence-electron chi connectivity index (χ3n) is 2.91. The molecular formula is C15H25N3O. The molecule has 1 rings (SSSR count). The fourth-order valence-electron chi connectivity index (χ4n) is 1.65. The van der Waals surface area contributed by atoms with Gasteiger partial charge in [0.25, 0.3) is 5.91 Å². The van der Waals surface area contributed by atoms with Crippen LogP contribution >= 0.6 is 0 Å². The maximum Gasteiger partial charge on any atom is 0.272 e. The van der Waals surface area contributed by atoms with E-state index in [4.69, 9.17) is 0 Å². The Labute approximate surface area is 116 Å². The van der Waals surface area contributed by atoms with Gasteiger partial charge in [0, 0.05) is 20.1 Å². The second-order valence-electron chi connectivity index (χ2n) is 5.24. The Morgan fingerprint density at radius 3 is 2.79 bits per heavy atom. The van der Waals surface area contributed by atoms with Gasteiger partial charge in [-0.2, -0.15) is 0 Å². The van der Waals surface area contributed by atoms with Gasteiger partial charge in [0.15, 0.2) is 0 Å². The molecule has 19 heavy (non-hydrogen) atoms. The monoisotopic (exact) mass is 263 g/mol. The molecule has 0 spiro atoms. The number of anilines is 1. The number of nitrogens with zero attached hydrogens (tertiary/aromatic N) is 2. The molecule has 0 fully saturated rings. The Morgan fingerprint density at radius 2 is 2.16 bits per heavy atom. The second kappa shape index (κ2) is 7.77. The summed E-state index contributed by atoms with van der Waals surface area (Å²) in [5.41, 5.74) is 0.507. The largest absolute Gasteiger partial charge is 0.370 e. The van der Waals surface area contributed by atoms with Crippen molar-refractivity contribution in [1.82, 2.24) is 9.88 Å². The molecule has 0 aliphatic heterocycles. The highest BCUT2D eigenvalue weighted by Gasteiger charge is 2.13. The number of carbonyl (C=O) groups is 1. The molecule has 1 aromatic rings. The van der Waals surface area contributed by atoms with E-state index in [0.29, 0.717) is 11.6 Å². The summed E-state index contributed by atoms with van der Waals surface area (Å²) in [5.74, 6) is 1.35. The predicted octanol–water partition coefficient (Wildman–Crippen LogP) is 3.02. The van der Waals surface area contributed by atoms with E-state index in [0.717, 1.165) is 31.7 Å². The molecule has 1 aromatic heterocycles. The molecule has 0 aliphatic carbocycles. The molecule has 1 amide bonds. The van der Waals surface area contributed by atoms with Crippen LogP contribution in [-0.2, 0) is 0 Å². The molecule has 0 radical (unpaired) electrons. The van der Waals surface area contributed by atoms with Crippen LogP contribution < -0.4 is 5.32 Å². The molecule has 0 bridgehead atoms. The smallest absolute Gasteiger partial charge is 0.272 e. The van der Waals surface area contributed by atoms with Crippen molar-refractivity contribution in [2.24, 2.45) is 5.92 Å². The molecule has 1 heterocycles. The Hall–Kier alpha value is -1.58. The normalized spacial score (nSPS) is 10.6. The van der Waals surface area contributed by atoms with Crippen LogP contribution in [0.25, 0.3) is 0 Å². The first-order chi connectivity index (χ1) is 9.04. The zero-order valence-corrected chi connectivity index (χ0v) is 12.4. The zero-order chi connectivity index (χ0) is 14.3. The lowest BCUT2D eigenvalue weighted by molar-refractivity contribution is 0.0783. The second-order valence-corrected chi connectivity index (χ2v) is 5.24. The number of pyridine rings is 1. The molecule has 0 aliphatic rings. The van der Waals surface area contributed by atoms with E-state index in [2.05, 4.69) is 31.1 Å². The van der Waals surface area contributed by atoms with Crippen LogP contribution in [0.15, 0.2) is 18.2 Å². The van der Waals surface area contributed by atoms with Gasteiger partial charge >= 0.3 is 0 Å². The van der Waals surface area contributed by atoms with E-state index < -0.39 is 0 Å². The molecule has 4 heteroatoms. The van der Waals surface area contributed by atoms with E-state index >= 15 is 0 Å². The molecule has 0 saturated heterocycles. The Balaban J connectivity index is 2.65. The molecule has 106 valence electrons. The van der Waals surface area contributed by atoms with Gasteiger partial charge in [-0.1, -0.05) is 26.8 Å². The minimum atomic E-state index is -0.0131. The molecule has 0 saturated carbocycles. The van der Waals surface area contributed by atoms with Crippen LogP contribution in [0.1, 0.15) is 44.1 Å². The first-order valence-corrected chi connectivity index (χ1v) is 7.01. The van der Waals surface area contributed by atoms with Gasteiger partial charge in [-0.25, -0.2) is 4.98 Å². The first kappa shape index (κ1) is 15.5. The van der Waals surface area contributed by atoms with Crippen LogP contribution in [0.2, 0.25) is 0 Å². The summed E-state index contributed by atoms with van der Waals surface area (Å²) in [5, 5.41) is 3.20. The number of rotatable bonds is 7. The summed E-state index contributed by atoms with van der Waals surface area (Å²) in [4.78, 5) is 18.3. The average Bonchev–Trinajstić information content (AvgIpc) is 2.41. The van der Waals surface area contributed by atoms with Gasteiger partial charge in [-0.15, -0.1) is 0 Å². The fraction of sp³-hybridized carbons (Fsp3) is 0.600. The maximum atomic E-state index is 12.2. The lowest BCUT2D eigenvalue weighted by Crippen LogP contribution is -2.29. The predicted molar refractivity (Wildman–Crippen MR) is 79.4 cm³/mol. The van der Waals surface area contributed by atoms with Gasteiger partial charge in [0.2, 0.25) is 0 Å². The third kappa shape index (κ3) is 5.28. The molecular weight excluding hydrogens is 238 g/mol. The summed E-state index contributed by atoms with van der Waals surface area (Å²) in [7, 11) is 1.83. The van der Waals surface area contributed by atoms with Gasteiger partial charge in [-0.3, -0.25) is 4.79 Å². The standard InChI is InChI=1S/C15H25N3O/c1-5-10-16-14-8-6-7-13(17-14)15(19)18(4)11-9-12(2)3/h6-8,12H,5,9-11H2,1-4H3,(H,16,17). The lowest BCUT2D eigenvalue weighted by atomic mass is 10.1. The van der Waals surface area contributed by atoms with E-state index in [-0.39, 0.29) is 5.91 Å². The number of amides is 1. The van der Waals surface area contributed by atoms with Gasteiger partial charge in [-0.05, 0) is 30.9 Å². The van der Waals surface area contributed by atoms with Crippen molar-refractivity contribution in [3.05, 3.63) is 23.9 Å². The quantitative estimate of drug-likeness (QED) is 0.822. The fourth-order valence-corrected chi connectivity index (χ4v) is 1.65. The summed E-state index contributed by atoms with van der Waals surface area (Å²) in [6, 6.07) is 5.53. The number of nitrogens with one attached hydrogen (secondary N) is 1. The van der Waals surface area contributed by atoms with E-state index in [1.165, 1.54) is 0 Å². The van der Waals surface area contributed by atoms with Crippen molar-refractivity contribution in [2.75, 3.05) is 25.5 Å². The maximum absolute atomic E-state index is 12.2. The summed E-state index contributed by atoms with van der Waals surface area (Å²) in [6.45, 7) is 8.05. The average molecular weight is 263 g/mol. The highest BCUT2D eigenvalue weighted by Crippen LogP contribution is 2.08. The summed E-state index contributed by atoms with van der Waals surface area (Å²) >= 11 is 0. The molecule has 0 atom stereocenters. The van der Waals surface area contributed by atoms with Gasteiger partial charge in [0.1, 0.15) is 11.5 Å². The van der Waals surface area contributed by atoms with E-state index in [1.54, 1.807) is 11.0 Å². The highest BCUT2D eigenvalue weighted by atomic mass is 16.2. The molecule has 1 N–H and O–H groups in total. The minimum absolute atomic E-state index is 0.0131. The van der Waals surface area contributed by atoms with E-state index in [1.807, 2.05) is 19.2 Å². The highest BCUT2D eigenvalue weighted by molar-refractivity contribution is 5.92. The van der Waals surface area contributed by atoms with Crippen LogP contribution in [0.4, 0.5) is 5.82 Å². The zero-order valence-electron chi connectivity index (χ0n) is 12.4. The van der Waals surface area contributed by atoms with Crippen molar-refractivity contribution in [3.63, 3.8) is 0 Å². The van der Waals surface area contributed by atoms with Gasteiger partial charge in [0.05, 0.1) is 0 Å². The first-order valence-electron chi connectivity index (χ1n) is 7.01. The van der Waals surface area contributed by atoms with Crippen molar-refractivity contribution >= 4 is 11.7 Å². The number of carbonyl (C=O) groups excluding carboxylic acids is 1. The number of hydrogen-bond acceptors (Lipinski definition) is 3. The lowest BCUT2D eigenvalue weighted by Gasteiger charge is -2.18. The van der Waals surface area contributed by atoms with Crippen LogP contribution in [0.5, 0.6) is 0 Å². The SMILES string of the molecule is CCCNc1cccc(C(=O)N(C)CCC(C)C)n1. The summed E-state index contributed by atoms with van der Waals surface area (Å²) in [6.07, 6.45) is 2.05. The number of aromatic nitrogens is 1. The summed E-state index contributed by atoms with van der Waals surface area (Å²) < 4.78 is 0. The van der Waals surface area contributed by atoms with Crippen molar-refractivity contribution in [2.45, 2.75) is 33.6 Å². The minimum Gasteiger partial charge on any atom is -0.370 e. The molecule has 0 aromatic carbocycles. The Morgan fingerprint density at radius 1 is 1.42 bits per heavy atom. The van der Waals surface area contributed by atoms with Crippen molar-refractivity contribution < 1.29 is 4.79 Å².